The van der Waals surface area contributed by atoms with Gasteiger partial charge in [-0.3, -0.25) is 24.6 Å². The molecule has 0 saturated heterocycles. The van der Waals surface area contributed by atoms with Crippen molar-refractivity contribution in [2.24, 2.45) is 0 Å². The summed E-state index contributed by atoms with van der Waals surface area (Å²) >= 11 is 1.31. The first kappa shape index (κ1) is 19.4. The molecule has 1 atom stereocenters. The number of rotatable bonds is 4. The summed E-state index contributed by atoms with van der Waals surface area (Å²) in [7, 11) is 0. The normalized spacial score (nSPS) is 16.9. The number of nitrogens with zero attached hydrogens (tertiary/aromatic N) is 4. The fourth-order valence-electron chi connectivity index (χ4n) is 3.97. The van der Waals surface area contributed by atoms with Crippen molar-refractivity contribution in [3.8, 4) is 0 Å². The van der Waals surface area contributed by atoms with Gasteiger partial charge in [-0.2, -0.15) is 0 Å². The zero-order chi connectivity index (χ0) is 21.7. The highest BCUT2D eigenvalue weighted by atomic mass is 32.1. The van der Waals surface area contributed by atoms with Crippen molar-refractivity contribution in [1.82, 2.24) is 15.1 Å². The highest BCUT2D eigenvalue weighted by Crippen LogP contribution is 2.44. The van der Waals surface area contributed by atoms with Crippen molar-refractivity contribution in [2.45, 2.75) is 25.9 Å². The third kappa shape index (κ3) is 3.09. The Bertz CT molecular complexity index is 1220. The number of hydrogen-bond donors (Lipinski definition) is 1. The van der Waals surface area contributed by atoms with E-state index >= 15 is 0 Å². The number of aromatic nitrogens is 2. The second kappa shape index (κ2) is 7.28. The van der Waals surface area contributed by atoms with Crippen LogP contribution in [0.2, 0.25) is 0 Å². The number of benzene rings is 2. The third-order valence-electron chi connectivity index (χ3n) is 5.38. The molecule has 3 heterocycles. The molecule has 1 unspecified atom stereocenters. The molecule has 8 nitrogen and oxygen atoms in total. The molecule has 5 rings (SSSR count). The lowest BCUT2D eigenvalue weighted by Gasteiger charge is -2.40. The molecule has 156 valence electrons. The van der Waals surface area contributed by atoms with E-state index in [0.717, 1.165) is 5.01 Å². The molecule has 31 heavy (non-hydrogen) atoms. The summed E-state index contributed by atoms with van der Waals surface area (Å²) in [5.74, 6) is -0.665. The van der Waals surface area contributed by atoms with Crippen LogP contribution in [0, 0.1) is 0 Å². The lowest BCUT2D eigenvalue weighted by Crippen LogP contribution is -2.50. The molecular weight excluding hydrogens is 414 g/mol. The smallest absolute Gasteiger partial charge is 0.260 e. The SMILES string of the molecule is CC(C)c1nnc(NC(=O)CN2C(=O)c3ccccc3N3C(=O)c4ccccc4C23)s1. The highest BCUT2D eigenvalue weighted by molar-refractivity contribution is 7.15. The van der Waals surface area contributed by atoms with Crippen molar-refractivity contribution in [2.75, 3.05) is 16.8 Å². The first-order chi connectivity index (χ1) is 15.0. The molecule has 3 aromatic rings. The molecule has 2 aliphatic rings. The molecule has 0 saturated carbocycles. The summed E-state index contributed by atoms with van der Waals surface area (Å²) in [6.07, 6.45) is -0.669. The van der Waals surface area contributed by atoms with Crippen LogP contribution in [-0.4, -0.2) is 39.4 Å². The Labute approximate surface area is 182 Å². The van der Waals surface area contributed by atoms with Crippen LogP contribution in [-0.2, 0) is 4.79 Å². The maximum Gasteiger partial charge on any atom is 0.260 e. The van der Waals surface area contributed by atoms with Gasteiger partial charge in [-0.05, 0) is 18.2 Å². The molecule has 0 radical (unpaired) electrons. The van der Waals surface area contributed by atoms with E-state index in [9.17, 15) is 14.4 Å². The summed E-state index contributed by atoms with van der Waals surface area (Å²) in [5.41, 5.74) is 2.20. The number of nitrogens with one attached hydrogen (secondary N) is 1. The summed E-state index contributed by atoms with van der Waals surface area (Å²) in [5, 5.41) is 12.0. The maximum atomic E-state index is 13.3. The number of hydrogen-bond acceptors (Lipinski definition) is 6. The van der Waals surface area contributed by atoms with Crippen molar-refractivity contribution < 1.29 is 14.4 Å². The molecule has 0 spiro atoms. The third-order valence-corrected chi connectivity index (χ3v) is 6.52. The van der Waals surface area contributed by atoms with Crippen molar-refractivity contribution in [1.29, 1.82) is 0 Å². The molecule has 0 fully saturated rings. The van der Waals surface area contributed by atoms with Crippen LogP contribution in [0.3, 0.4) is 0 Å². The molecule has 9 heteroatoms. The van der Waals surface area contributed by atoms with Gasteiger partial charge in [0.25, 0.3) is 11.8 Å². The number of carbonyl (C=O) groups excluding carboxylic acids is 3. The van der Waals surface area contributed by atoms with Crippen LogP contribution in [0.1, 0.15) is 57.2 Å². The second-order valence-corrected chi connectivity index (χ2v) is 8.74. The minimum atomic E-state index is -0.669. The maximum absolute atomic E-state index is 13.3. The first-order valence-corrected chi connectivity index (χ1v) is 10.7. The van der Waals surface area contributed by atoms with Gasteiger partial charge in [0, 0.05) is 17.0 Å². The fourth-order valence-corrected chi connectivity index (χ4v) is 4.73. The minimum absolute atomic E-state index is 0.184. The predicted molar refractivity (Wildman–Crippen MR) is 116 cm³/mol. The Kier molecular flexibility index (Phi) is 4.55. The second-order valence-electron chi connectivity index (χ2n) is 7.73. The Hall–Kier alpha value is -3.59. The molecule has 1 aromatic heterocycles. The molecular formula is C22H19N5O3S. The van der Waals surface area contributed by atoms with Gasteiger partial charge in [0.15, 0.2) is 0 Å². The lowest BCUT2D eigenvalue weighted by atomic mass is 10.0. The number of para-hydroxylation sites is 1. The Balaban J connectivity index is 1.49. The van der Waals surface area contributed by atoms with E-state index in [-0.39, 0.29) is 24.3 Å². The van der Waals surface area contributed by atoms with Crippen LogP contribution < -0.4 is 10.2 Å². The average molecular weight is 433 g/mol. The van der Waals surface area contributed by atoms with Gasteiger partial charge in [-0.1, -0.05) is 55.5 Å². The molecule has 2 aromatic carbocycles. The molecule has 3 amide bonds. The van der Waals surface area contributed by atoms with Crippen LogP contribution in [0.4, 0.5) is 10.8 Å². The quantitative estimate of drug-likeness (QED) is 0.680. The molecule has 1 N–H and O–H groups in total. The highest BCUT2D eigenvalue weighted by Gasteiger charge is 2.48. The van der Waals surface area contributed by atoms with Gasteiger partial charge in [0.05, 0.1) is 11.3 Å². The lowest BCUT2D eigenvalue weighted by molar-refractivity contribution is -0.117. The van der Waals surface area contributed by atoms with Crippen molar-refractivity contribution in [3.63, 3.8) is 0 Å². The van der Waals surface area contributed by atoms with Crippen LogP contribution in [0.5, 0.6) is 0 Å². The summed E-state index contributed by atoms with van der Waals surface area (Å²) in [4.78, 5) is 42.4. The number of fused-ring (bicyclic) bond motifs is 5. The van der Waals surface area contributed by atoms with Crippen LogP contribution >= 0.6 is 11.3 Å². The monoisotopic (exact) mass is 433 g/mol. The fraction of sp³-hybridized carbons (Fsp3) is 0.227. The van der Waals surface area contributed by atoms with Crippen molar-refractivity contribution >= 4 is 39.9 Å². The predicted octanol–water partition coefficient (Wildman–Crippen LogP) is 3.42. The number of anilines is 2. The zero-order valence-electron chi connectivity index (χ0n) is 16.9. The van der Waals surface area contributed by atoms with E-state index in [1.807, 2.05) is 26.0 Å². The molecule has 2 aliphatic heterocycles. The Morgan fingerprint density at radius 3 is 2.48 bits per heavy atom. The van der Waals surface area contributed by atoms with E-state index in [1.165, 1.54) is 16.2 Å². The largest absolute Gasteiger partial charge is 0.304 e. The summed E-state index contributed by atoms with van der Waals surface area (Å²) < 4.78 is 0. The minimum Gasteiger partial charge on any atom is -0.304 e. The zero-order valence-corrected chi connectivity index (χ0v) is 17.7. The standard InChI is InChI=1S/C22H19N5O3S/c1-12(2)18-24-25-22(31-18)23-17(28)11-26-19-13-7-3-4-8-14(13)21(30)27(19)16-10-6-5-9-15(16)20(26)29/h3-10,12,19H,11H2,1-2H3,(H,23,25,28). The van der Waals surface area contributed by atoms with Crippen LogP contribution in [0.15, 0.2) is 48.5 Å². The van der Waals surface area contributed by atoms with E-state index in [0.29, 0.717) is 27.5 Å². The molecule has 0 bridgehead atoms. The van der Waals surface area contributed by atoms with E-state index < -0.39 is 12.1 Å². The van der Waals surface area contributed by atoms with Gasteiger partial charge in [-0.15, -0.1) is 10.2 Å². The summed E-state index contributed by atoms with van der Waals surface area (Å²) in [6, 6.07) is 14.2. The van der Waals surface area contributed by atoms with E-state index in [1.54, 1.807) is 41.3 Å². The first-order valence-electron chi connectivity index (χ1n) is 9.91. The Morgan fingerprint density at radius 2 is 1.74 bits per heavy atom. The number of carbonyl (C=O) groups is 3. The number of amides is 3. The van der Waals surface area contributed by atoms with Gasteiger partial charge in [0.1, 0.15) is 17.7 Å². The average Bonchev–Trinajstić information content (AvgIpc) is 3.34. The van der Waals surface area contributed by atoms with E-state index in [4.69, 9.17) is 0 Å². The van der Waals surface area contributed by atoms with Gasteiger partial charge in [-0.25, -0.2) is 0 Å². The van der Waals surface area contributed by atoms with Crippen LogP contribution in [0.25, 0.3) is 0 Å². The topological polar surface area (TPSA) is 95.5 Å². The van der Waals surface area contributed by atoms with Gasteiger partial charge < -0.3 is 4.90 Å². The Morgan fingerprint density at radius 1 is 1.03 bits per heavy atom. The molecule has 0 aliphatic carbocycles. The van der Waals surface area contributed by atoms with E-state index in [2.05, 4.69) is 15.5 Å². The van der Waals surface area contributed by atoms with Gasteiger partial charge in [0.2, 0.25) is 11.0 Å². The van der Waals surface area contributed by atoms with Gasteiger partial charge >= 0.3 is 0 Å². The van der Waals surface area contributed by atoms with Crippen molar-refractivity contribution in [3.05, 3.63) is 70.2 Å². The summed E-state index contributed by atoms with van der Waals surface area (Å²) in [6.45, 7) is 3.78.